The Bertz CT molecular complexity index is 1570. The maximum Gasteiger partial charge on any atom is 0.737 e. The highest BCUT2D eigenvalue weighted by atomic mass is 19.2. The fraction of sp³-hybridized carbons (Fsp3) is 0.200. The molecule has 0 amide bonds. The summed E-state index contributed by atoms with van der Waals surface area (Å²) in [6.07, 6.45) is 5.43. The Labute approximate surface area is 221 Å². The number of aryl methyl sites for hydroxylation is 2. The molecular formula is C30H30BF2N3O2. The molecule has 0 fully saturated rings. The highest BCUT2D eigenvalue weighted by molar-refractivity contribution is 6.58. The average molecular weight is 513 g/mol. The molecule has 3 aromatic rings. The summed E-state index contributed by atoms with van der Waals surface area (Å²) in [4.78, 5) is 14.0. The monoisotopic (exact) mass is 513 g/mol. The van der Waals surface area contributed by atoms with Gasteiger partial charge >= 0.3 is 12.9 Å². The normalized spacial score (nSPS) is 16.1. The highest BCUT2D eigenvalue weighted by Crippen LogP contribution is 2.44. The molecule has 5 rings (SSSR count). The van der Waals surface area contributed by atoms with Crippen molar-refractivity contribution in [2.45, 2.75) is 20.8 Å². The van der Waals surface area contributed by atoms with E-state index < -0.39 is 12.9 Å². The van der Waals surface area contributed by atoms with E-state index in [0.717, 1.165) is 28.0 Å². The van der Waals surface area contributed by atoms with E-state index in [2.05, 4.69) is 0 Å². The van der Waals surface area contributed by atoms with Gasteiger partial charge in [-0.15, -0.1) is 0 Å². The molecule has 0 saturated carbocycles. The first kappa shape index (κ1) is 25.5. The molecule has 8 heteroatoms. The molecule has 0 N–H and O–H groups in total. The van der Waals surface area contributed by atoms with Crippen LogP contribution in [0.4, 0.5) is 14.3 Å². The number of anilines is 1. The first-order valence-corrected chi connectivity index (χ1v) is 12.5. The Morgan fingerprint density at radius 3 is 2.26 bits per heavy atom. The maximum atomic E-state index is 16.4. The second kappa shape index (κ2) is 9.28. The van der Waals surface area contributed by atoms with Gasteiger partial charge in [-0.25, -0.2) is 4.79 Å². The summed E-state index contributed by atoms with van der Waals surface area (Å²) in [6.45, 7) is 1.29. The molecule has 0 unspecified atom stereocenters. The van der Waals surface area contributed by atoms with E-state index in [1.54, 1.807) is 43.3 Å². The molecule has 3 heterocycles. The van der Waals surface area contributed by atoms with Gasteiger partial charge in [-0.1, -0.05) is 24.3 Å². The summed E-state index contributed by atoms with van der Waals surface area (Å²) >= 11 is 0. The van der Waals surface area contributed by atoms with Gasteiger partial charge in [0.05, 0.1) is 18.2 Å². The van der Waals surface area contributed by atoms with E-state index in [1.807, 2.05) is 69.3 Å². The van der Waals surface area contributed by atoms with Gasteiger partial charge in [0.1, 0.15) is 0 Å². The summed E-state index contributed by atoms with van der Waals surface area (Å²) in [6, 6.07) is 16.7. The minimum atomic E-state index is -4.15. The second-order valence-corrected chi connectivity index (χ2v) is 10.0. The lowest BCUT2D eigenvalue weighted by Crippen LogP contribution is -2.51. The molecule has 0 spiro atoms. The Morgan fingerprint density at radius 2 is 1.66 bits per heavy atom. The van der Waals surface area contributed by atoms with Gasteiger partial charge in [0, 0.05) is 43.2 Å². The first-order chi connectivity index (χ1) is 18.0. The van der Waals surface area contributed by atoms with E-state index in [9.17, 15) is 4.79 Å². The molecule has 2 aromatic carbocycles. The summed E-state index contributed by atoms with van der Waals surface area (Å²) in [7, 11) is 5.28. The van der Waals surface area contributed by atoms with Gasteiger partial charge in [0.25, 0.3) is 0 Å². The quantitative estimate of drug-likeness (QED) is 0.307. The molecule has 0 radical (unpaired) electrons. The number of aromatic nitrogens is 1. The van der Waals surface area contributed by atoms with Crippen molar-refractivity contribution >= 4 is 36.0 Å². The number of methoxy groups -OCH3 is 1. The van der Waals surface area contributed by atoms with Crippen LogP contribution in [0, 0.1) is 13.8 Å². The Hall–Kier alpha value is -4.20. The second-order valence-electron chi connectivity index (χ2n) is 10.0. The molecule has 194 valence electrons. The van der Waals surface area contributed by atoms with Gasteiger partial charge in [-0.3, -0.25) is 0 Å². The number of ether oxygens (including phenoxy) is 1. The van der Waals surface area contributed by atoms with Crippen LogP contribution in [-0.4, -0.2) is 48.8 Å². The smallest absolute Gasteiger partial charge is 0.465 e. The number of carbonyl (C=O) groups excluding carboxylic acids is 1. The first-order valence-electron chi connectivity index (χ1n) is 12.5. The predicted octanol–water partition coefficient (Wildman–Crippen LogP) is 6.08. The minimum Gasteiger partial charge on any atom is -0.465 e. The summed E-state index contributed by atoms with van der Waals surface area (Å²) in [5.41, 5.74) is 7.31. The van der Waals surface area contributed by atoms with Crippen molar-refractivity contribution in [1.29, 1.82) is 0 Å². The van der Waals surface area contributed by atoms with E-state index in [1.165, 1.54) is 16.1 Å². The van der Waals surface area contributed by atoms with Crippen molar-refractivity contribution in [3.05, 3.63) is 112 Å². The molecule has 2 aliphatic rings. The lowest BCUT2D eigenvalue weighted by Gasteiger charge is -2.34. The Kier molecular flexibility index (Phi) is 6.21. The molecule has 0 bridgehead atoms. The van der Waals surface area contributed by atoms with Crippen LogP contribution in [0.25, 0.3) is 11.6 Å². The highest BCUT2D eigenvalue weighted by Gasteiger charge is 2.55. The van der Waals surface area contributed by atoms with Crippen LogP contribution in [0.15, 0.2) is 78.0 Å². The van der Waals surface area contributed by atoms with Gasteiger partial charge in [-0.2, -0.15) is 0 Å². The SMILES string of the molecule is COC(=O)c1ccc(C2=C3C(C)=CC(/C=C/c4ccc(N(C)C)cc4)=[N+]3[B-](F)(F)n3c(C)cc(C)c32)cc1. The molecule has 0 atom stereocenters. The van der Waals surface area contributed by atoms with Crippen molar-refractivity contribution in [2.24, 2.45) is 0 Å². The lowest BCUT2D eigenvalue weighted by molar-refractivity contribution is -0.362. The number of esters is 1. The zero-order valence-corrected chi connectivity index (χ0v) is 22.4. The summed E-state index contributed by atoms with van der Waals surface area (Å²) < 4.78 is 40.0. The van der Waals surface area contributed by atoms with E-state index >= 15 is 8.63 Å². The van der Waals surface area contributed by atoms with Crippen LogP contribution in [0.5, 0.6) is 0 Å². The van der Waals surface area contributed by atoms with Crippen LogP contribution in [0.3, 0.4) is 0 Å². The Morgan fingerprint density at radius 1 is 1.00 bits per heavy atom. The molecule has 1 aromatic heterocycles. The van der Waals surface area contributed by atoms with Gasteiger partial charge in [0.15, 0.2) is 11.4 Å². The van der Waals surface area contributed by atoms with Crippen molar-refractivity contribution in [2.75, 3.05) is 26.1 Å². The number of rotatable bonds is 5. The largest absolute Gasteiger partial charge is 0.737 e. The van der Waals surface area contributed by atoms with Crippen LogP contribution in [0.2, 0.25) is 0 Å². The zero-order chi connectivity index (χ0) is 27.4. The van der Waals surface area contributed by atoms with E-state index in [-0.39, 0.29) is 0 Å². The molecule has 2 aliphatic heterocycles. The van der Waals surface area contributed by atoms with Crippen molar-refractivity contribution < 1.29 is 22.6 Å². The average Bonchev–Trinajstić information content (AvgIpc) is 3.39. The van der Waals surface area contributed by atoms with Crippen LogP contribution in [0.1, 0.15) is 45.4 Å². The number of allylic oxidation sites excluding steroid dienone is 3. The number of hydrogen-bond acceptors (Lipinski definition) is 3. The lowest BCUT2D eigenvalue weighted by atomic mass is 9.83. The topological polar surface area (TPSA) is 37.5 Å². The number of benzene rings is 2. The standard InChI is InChI=1S/C30H30BF2N3O2/c1-19-17-21(3)35-28(19)27(23-10-12-24(13-11-23)30(37)38-6)29-20(2)18-26(36(29)31(35,32)33)16-9-22-7-14-25(15-8-22)34(4)5/h7-18H,1-6H3/b16-9+. The fourth-order valence-electron chi connectivity index (χ4n) is 5.45. The van der Waals surface area contributed by atoms with Gasteiger partial charge in [-0.05, 0) is 79.6 Å². The van der Waals surface area contributed by atoms with Crippen molar-refractivity contribution in [3.63, 3.8) is 0 Å². The fourth-order valence-corrected chi connectivity index (χ4v) is 5.45. The maximum absolute atomic E-state index is 16.4. The predicted molar refractivity (Wildman–Crippen MR) is 150 cm³/mol. The number of halogens is 2. The third-order valence-corrected chi connectivity index (χ3v) is 7.22. The Balaban J connectivity index is 1.71. The van der Waals surface area contributed by atoms with E-state index in [0.29, 0.717) is 33.9 Å². The molecule has 38 heavy (non-hydrogen) atoms. The summed E-state index contributed by atoms with van der Waals surface area (Å²) in [5.74, 6) is -0.443. The summed E-state index contributed by atoms with van der Waals surface area (Å²) in [5, 5.41) is 0. The van der Waals surface area contributed by atoms with Crippen LogP contribution in [-0.2, 0) is 4.74 Å². The third kappa shape index (κ3) is 4.01. The molecular weight excluding hydrogens is 483 g/mol. The number of hydrogen-bond donors (Lipinski definition) is 0. The van der Waals surface area contributed by atoms with Crippen LogP contribution >= 0.6 is 0 Å². The van der Waals surface area contributed by atoms with Crippen LogP contribution < -0.4 is 4.90 Å². The number of carbonyl (C=O) groups is 1. The molecule has 0 saturated heterocycles. The van der Waals surface area contributed by atoms with E-state index in [4.69, 9.17) is 4.74 Å². The zero-order valence-electron chi connectivity index (χ0n) is 22.4. The van der Waals surface area contributed by atoms with Gasteiger partial charge in [0.2, 0.25) is 0 Å². The number of nitrogens with zero attached hydrogens (tertiary/aromatic N) is 3. The molecule has 5 nitrogen and oxygen atoms in total. The third-order valence-electron chi connectivity index (χ3n) is 7.22. The minimum absolute atomic E-state index is 0.404. The number of fused-ring (bicyclic) bond motifs is 2. The van der Waals surface area contributed by atoms with Gasteiger partial charge < -0.3 is 27.2 Å². The van der Waals surface area contributed by atoms with Crippen molar-refractivity contribution in [1.82, 2.24) is 4.48 Å². The molecule has 0 aliphatic carbocycles. The van der Waals surface area contributed by atoms with Crippen molar-refractivity contribution in [3.8, 4) is 0 Å².